The Morgan fingerprint density at radius 1 is 0.871 bits per heavy atom. The Hall–Kier alpha value is -3.36. The summed E-state index contributed by atoms with van der Waals surface area (Å²) in [4.78, 5) is 5.79. The fourth-order valence-electron chi connectivity index (χ4n) is 2.76. The van der Waals surface area contributed by atoms with Gasteiger partial charge in [0.2, 0.25) is 10.0 Å². The zero-order chi connectivity index (χ0) is 22.1. The lowest BCUT2D eigenvalue weighted by Crippen LogP contribution is -2.29. The van der Waals surface area contributed by atoms with E-state index in [-0.39, 0.29) is 11.4 Å². The van der Waals surface area contributed by atoms with Crippen molar-refractivity contribution in [1.29, 1.82) is 0 Å². The first-order valence-corrected chi connectivity index (χ1v) is 11.0. The number of sulfonamides is 1. The van der Waals surface area contributed by atoms with Gasteiger partial charge in [-0.15, -0.1) is 0 Å². The highest BCUT2D eigenvalue weighted by molar-refractivity contribution is 7.89. The largest absolute Gasteiger partial charge is 0.497 e. The van der Waals surface area contributed by atoms with Gasteiger partial charge in [-0.2, -0.15) is 0 Å². The predicted molar refractivity (Wildman–Crippen MR) is 119 cm³/mol. The van der Waals surface area contributed by atoms with Gasteiger partial charge in [0.05, 0.1) is 31.9 Å². The van der Waals surface area contributed by atoms with E-state index in [0.29, 0.717) is 5.75 Å². The number of benzene rings is 3. The van der Waals surface area contributed by atoms with Gasteiger partial charge in [0, 0.05) is 0 Å². The molecule has 0 radical (unpaired) electrons. The Balaban J connectivity index is 1.70. The molecule has 0 saturated heterocycles. The van der Waals surface area contributed by atoms with Crippen molar-refractivity contribution in [2.75, 3.05) is 20.8 Å². The molecule has 0 amide bonds. The lowest BCUT2D eigenvalue weighted by Gasteiger charge is -2.16. The van der Waals surface area contributed by atoms with Crippen molar-refractivity contribution in [2.24, 2.45) is 5.16 Å². The number of oxime groups is 1. The van der Waals surface area contributed by atoms with Crippen LogP contribution in [0.2, 0.25) is 0 Å². The molecule has 1 N–H and O–H groups in total. The van der Waals surface area contributed by atoms with Crippen LogP contribution in [0.25, 0.3) is 0 Å². The molecule has 0 heterocycles. The van der Waals surface area contributed by atoms with Crippen LogP contribution in [0.3, 0.4) is 0 Å². The second kappa shape index (κ2) is 10.6. The van der Waals surface area contributed by atoms with Crippen molar-refractivity contribution in [2.45, 2.75) is 11.0 Å². The first-order valence-electron chi connectivity index (χ1n) is 9.54. The molecule has 31 heavy (non-hydrogen) atoms. The molecule has 0 spiro atoms. The Morgan fingerprint density at radius 2 is 1.45 bits per heavy atom. The van der Waals surface area contributed by atoms with Gasteiger partial charge in [-0.05, 0) is 59.7 Å². The number of nitrogens with zero attached hydrogens (tertiary/aromatic N) is 1. The van der Waals surface area contributed by atoms with Crippen LogP contribution in [0.4, 0.5) is 0 Å². The summed E-state index contributed by atoms with van der Waals surface area (Å²) in [5.74, 6) is 1.32. The zero-order valence-corrected chi connectivity index (χ0v) is 18.1. The predicted octanol–water partition coefficient (Wildman–Crippen LogP) is 3.77. The minimum Gasteiger partial charge on any atom is -0.497 e. The second-order valence-corrected chi connectivity index (χ2v) is 8.31. The fraction of sp³-hybridized carbons (Fsp3) is 0.174. The summed E-state index contributed by atoms with van der Waals surface area (Å²) >= 11 is 0. The SMILES string of the molecule is COc1ccc(/C=N/OC(CNS(=O)(=O)c2ccc(OC)cc2)c2ccccc2)cc1. The summed E-state index contributed by atoms with van der Waals surface area (Å²) in [6.45, 7) is 0.0122. The van der Waals surface area contributed by atoms with E-state index in [4.69, 9.17) is 14.3 Å². The molecule has 1 atom stereocenters. The Labute approximate surface area is 182 Å². The van der Waals surface area contributed by atoms with E-state index in [2.05, 4.69) is 9.88 Å². The van der Waals surface area contributed by atoms with E-state index < -0.39 is 16.1 Å². The zero-order valence-electron chi connectivity index (χ0n) is 17.3. The number of ether oxygens (including phenoxy) is 2. The van der Waals surface area contributed by atoms with Gasteiger partial charge in [0.1, 0.15) is 11.5 Å². The molecule has 0 fully saturated rings. The minimum absolute atomic E-state index is 0.0122. The molecule has 3 aromatic rings. The molecule has 0 aliphatic heterocycles. The summed E-state index contributed by atoms with van der Waals surface area (Å²) in [7, 11) is -0.600. The third-order valence-corrected chi connectivity index (χ3v) is 5.94. The normalized spacial score (nSPS) is 12.5. The van der Waals surface area contributed by atoms with Gasteiger partial charge >= 0.3 is 0 Å². The molecule has 3 rings (SSSR count). The van der Waals surface area contributed by atoms with Gasteiger partial charge < -0.3 is 14.3 Å². The van der Waals surface area contributed by atoms with E-state index >= 15 is 0 Å². The number of hydrogen-bond donors (Lipinski definition) is 1. The van der Waals surface area contributed by atoms with Crippen molar-refractivity contribution < 1.29 is 22.7 Å². The van der Waals surface area contributed by atoms with E-state index in [0.717, 1.165) is 16.9 Å². The van der Waals surface area contributed by atoms with Gasteiger partial charge in [-0.3, -0.25) is 0 Å². The maximum atomic E-state index is 12.7. The molecule has 3 aromatic carbocycles. The van der Waals surface area contributed by atoms with E-state index in [1.165, 1.54) is 19.2 Å². The van der Waals surface area contributed by atoms with E-state index in [9.17, 15) is 8.42 Å². The van der Waals surface area contributed by atoms with Crippen LogP contribution < -0.4 is 14.2 Å². The molecule has 8 heteroatoms. The summed E-state index contributed by atoms with van der Waals surface area (Å²) < 4.78 is 38.1. The third kappa shape index (κ3) is 6.31. The highest BCUT2D eigenvalue weighted by Crippen LogP contribution is 2.20. The molecule has 0 aliphatic rings. The van der Waals surface area contributed by atoms with Crippen molar-refractivity contribution in [3.8, 4) is 11.5 Å². The number of hydrogen-bond acceptors (Lipinski definition) is 6. The van der Waals surface area contributed by atoms with E-state index in [1.807, 2.05) is 54.6 Å². The fourth-order valence-corrected chi connectivity index (χ4v) is 3.79. The van der Waals surface area contributed by atoms with Crippen LogP contribution in [0.15, 0.2) is 88.9 Å². The lowest BCUT2D eigenvalue weighted by atomic mass is 10.1. The highest BCUT2D eigenvalue weighted by atomic mass is 32.2. The van der Waals surface area contributed by atoms with Crippen molar-refractivity contribution in [3.05, 3.63) is 90.0 Å². The Morgan fingerprint density at radius 3 is 2.03 bits per heavy atom. The second-order valence-electron chi connectivity index (χ2n) is 6.54. The summed E-state index contributed by atoms with van der Waals surface area (Å²) in [6.07, 6.45) is 0.955. The maximum Gasteiger partial charge on any atom is 0.240 e. The van der Waals surface area contributed by atoms with Gasteiger partial charge in [0.25, 0.3) is 0 Å². The summed E-state index contributed by atoms with van der Waals surface area (Å²) in [6, 6.07) is 22.8. The van der Waals surface area contributed by atoms with Crippen LogP contribution in [-0.4, -0.2) is 35.4 Å². The van der Waals surface area contributed by atoms with Gasteiger partial charge in [-0.25, -0.2) is 13.1 Å². The highest BCUT2D eigenvalue weighted by Gasteiger charge is 2.19. The average molecular weight is 441 g/mol. The minimum atomic E-state index is -3.72. The molecule has 7 nitrogen and oxygen atoms in total. The smallest absolute Gasteiger partial charge is 0.240 e. The molecular formula is C23H24N2O5S. The Kier molecular flexibility index (Phi) is 7.64. The number of nitrogens with one attached hydrogen (secondary N) is 1. The van der Waals surface area contributed by atoms with Gasteiger partial charge in [-0.1, -0.05) is 35.5 Å². The first-order chi connectivity index (χ1) is 15.0. The number of rotatable bonds is 10. The first kappa shape index (κ1) is 22.3. The topological polar surface area (TPSA) is 86.2 Å². The average Bonchev–Trinajstić information content (AvgIpc) is 2.82. The molecule has 0 aliphatic carbocycles. The van der Waals surface area contributed by atoms with Gasteiger partial charge in [0.15, 0.2) is 6.10 Å². The third-order valence-electron chi connectivity index (χ3n) is 4.51. The molecule has 0 saturated carbocycles. The van der Waals surface area contributed by atoms with Crippen molar-refractivity contribution >= 4 is 16.2 Å². The van der Waals surface area contributed by atoms with Crippen molar-refractivity contribution in [1.82, 2.24) is 4.72 Å². The molecule has 1 unspecified atom stereocenters. The number of methoxy groups -OCH3 is 2. The standard InChI is InChI=1S/C23H24N2O5S/c1-28-20-10-8-18(9-11-20)16-24-30-23(19-6-4-3-5-7-19)17-25-31(26,27)22-14-12-21(29-2)13-15-22/h3-16,23,25H,17H2,1-2H3/b24-16+. The molecule has 162 valence electrons. The van der Waals surface area contributed by atoms with Crippen LogP contribution in [0.1, 0.15) is 17.2 Å². The summed E-state index contributed by atoms with van der Waals surface area (Å²) in [5, 5.41) is 4.05. The van der Waals surface area contributed by atoms with Crippen LogP contribution >= 0.6 is 0 Å². The van der Waals surface area contributed by atoms with Crippen LogP contribution in [0, 0.1) is 0 Å². The Bertz CT molecular complexity index is 1080. The monoisotopic (exact) mass is 440 g/mol. The molecule has 0 bridgehead atoms. The molecule has 0 aromatic heterocycles. The van der Waals surface area contributed by atoms with Crippen molar-refractivity contribution in [3.63, 3.8) is 0 Å². The quantitative estimate of drug-likeness (QED) is 0.383. The summed E-state index contributed by atoms with van der Waals surface area (Å²) in [5.41, 5.74) is 1.62. The van der Waals surface area contributed by atoms with Crippen LogP contribution in [-0.2, 0) is 14.9 Å². The lowest BCUT2D eigenvalue weighted by molar-refractivity contribution is 0.0634. The molecular weight excluding hydrogens is 416 g/mol. The maximum absolute atomic E-state index is 12.7. The van der Waals surface area contributed by atoms with E-state index in [1.54, 1.807) is 25.5 Å². The van der Waals surface area contributed by atoms with Crippen LogP contribution in [0.5, 0.6) is 11.5 Å².